The van der Waals surface area contributed by atoms with E-state index in [1.165, 1.54) is 0 Å². The van der Waals surface area contributed by atoms with Gasteiger partial charge in [0.15, 0.2) is 0 Å². The van der Waals surface area contributed by atoms with Crippen LogP contribution >= 0.6 is 0 Å². The largest absolute Gasteiger partial charge is 0.494 e. The lowest BCUT2D eigenvalue weighted by Crippen LogP contribution is -2.16. The second-order valence-corrected chi connectivity index (χ2v) is 7.81. The highest BCUT2D eigenvalue weighted by atomic mass is 16.5. The molecule has 0 aliphatic rings. The number of aryl methyl sites for hydroxylation is 1. The number of amides is 1. The Morgan fingerprint density at radius 2 is 1.58 bits per heavy atom. The van der Waals surface area contributed by atoms with E-state index in [2.05, 4.69) is 17.2 Å². The molecule has 3 aromatic rings. The fraction of sp³-hybridized carbons (Fsp3) is 0.333. The van der Waals surface area contributed by atoms with E-state index in [0.717, 1.165) is 23.6 Å². The Morgan fingerprint density at radius 3 is 2.18 bits per heavy atom. The summed E-state index contributed by atoms with van der Waals surface area (Å²) in [6.45, 7) is 9.28. The number of nitrogens with one attached hydrogen (secondary N) is 1. The summed E-state index contributed by atoms with van der Waals surface area (Å²) in [5.74, 6) is 2.03. The molecule has 0 saturated heterocycles. The first kappa shape index (κ1) is 24.3. The van der Waals surface area contributed by atoms with Crippen LogP contribution in [0.2, 0.25) is 0 Å². The van der Waals surface area contributed by atoms with Crippen molar-refractivity contribution >= 4 is 11.6 Å². The number of hydrogen-bond acceptors (Lipinski definition) is 5. The number of benzene rings is 2. The summed E-state index contributed by atoms with van der Waals surface area (Å²) >= 11 is 0. The van der Waals surface area contributed by atoms with Crippen LogP contribution in [-0.4, -0.2) is 30.2 Å². The van der Waals surface area contributed by atoms with E-state index in [-0.39, 0.29) is 12.0 Å². The molecular formula is C27H32N2O4. The molecule has 1 atom stereocenters. The third-order valence-corrected chi connectivity index (χ3v) is 4.98. The average molecular weight is 449 g/mol. The number of aromatic nitrogens is 1. The van der Waals surface area contributed by atoms with E-state index in [9.17, 15) is 4.79 Å². The third kappa shape index (κ3) is 7.32. The first-order valence-electron chi connectivity index (χ1n) is 11.4. The minimum atomic E-state index is -0.194. The molecule has 2 aromatic carbocycles. The van der Waals surface area contributed by atoms with Crippen molar-refractivity contribution in [2.24, 2.45) is 0 Å². The molecule has 1 unspecified atom stereocenters. The SMILES string of the molecule is CCCOc1ccc(Oc2ccc(NC(=O)c3ccc(CC(C)OCC)nc3C)cc2)cc1. The Hall–Kier alpha value is -3.38. The van der Waals surface area contributed by atoms with E-state index in [4.69, 9.17) is 14.2 Å². The number of hydrogen-bond donors (Lipinski definition) is 1. The number of ether oxygens (including phenoxy) is 3. The van der Waals surface area contributed by atoms with Crippen LogP contribution in [0.3, 0.4) is 0 Å². The summed E-state index contributed by atoms with van der Waals surface area (Å²) in [7, 11) is 0. The Morgan fingerprint density at radius 1 is 0.939 bits per heavy atom. The van der Waals surface area contributed by atoms with Crippen molar-refractivity contribution in [2.75, 3.05) is 18.5 Å². The minimum absolute atomic E-state index is 0.0923. The smallest absolute Gasteiger partial charge is 0.257 e. The average Bonchev–Trinajstić information content (AvgIpc) is 2.80. The second-order valence-electron chi connectivity index (χ2n) is 7.81. The van der Waals surface area contributed by atoms with Crippen LogP contribution in [0.25, 0.3) is 0 Å². The van der Waals surface area contributed by atoms with Gasteiger partial charge in [0.05, 0.1) is 24.0 Å². The Labute approximate surface area is 195 Å². The van der Waals surface area contributed by atoms with Crippen LogP contribution in [0.4, 0.5) is 5.69 Å². The molecule has 0 spiro atoms. The summed E-state index contributed by atoms with van der Waals surface area (Å²) in [5, 5.41) is 2.92. The molecule has 174 valence electrons. The van der Waals surface area contributed by atoms with E-state index in [1.807, 2.05) is 81.4 Å². The quantitative estimate of drug-likeness (QED) is 0.379. The molecule has 33 heavy (non-hydrogen) atoms. The van der Waals surface area contributed by atoms with Gasteiger partial charge in [0, 0.05) is 24.4 Å². The number of carbonyl (C=O) groups is 1. The maximum absolute atomic E-state index is 12.7. The van der Waals surface area contributed by atoms with E-state index in [0.29, 0.717) is 42.3 Å². The van der Waals surface area contributed by atoms with E-state index >= 15 is 0 Å². The van der Waals surface area contributed by atoms with Crippen LogP contribution in [0.15, 0.2) is 60.7 Å². The highest BCUT2D eigenvalue weighted by Crippen LogP contribution is 2.25. The lowest BCUT2D eigenvalue weighted by atomic mass is 10.1. The molecule has 6 heteroatoms. The molecule has 0 fully saturated rings. The zero-order chi connectivity index (χ0) is 23.6. The van der Waals surface area contributed by atoms with Gasteiger partial charge in [0.2, 0.25) is 0 Å². The summed E-state index contributed by atoms with van der Waals surface area (Å²) in [4.78, 5) is 17.3. The highest BCUT2D eigenvalue weighted by molar-refractivity contribution is 6.05. The molecule has 0 bridgehead atoms. The Balaban J connectivity index is 1.57. The van der Waals surface area contributed by atoms with Gasteiger partial charge < -0.3 is 19.5 Å². The molecule has 1 heterocycles. The molecule has 1 N–H and O–H groups in total. The predicted octanol–water partition coefficient (Wildman–Crippen LogP) is 6.19. The van der Waals surface area contributed by atoms with Crippen molar-refractivity contribution in [2.45, 2.75) is 46.6 Å². The Kier molecular flexibility index (Phi) is 8.84. The number of rotatable bonds is 11. The predicted molar refractivity (Wildman–Crippen MR) is 130 cm³/mol. The molecular weight excluding hydrogens is 416 g/mol. The minimum Gasteiger partial charge on any atom is -0.494 e. The molecule has 0 aliphatic heterocycles. The summed E-state index contributed by atoms with van der Waals surface area (Å²) in [5.41, 5.74) is 2.84. The summed E-state index contributed by atoms with van der Waals surface area (Å²) in [6, 6.07) is 18.5. The molecule has 1 amide bonds. The number of pyridine rings is 1. The first-order chi connectivity index (χ1) is 16.0. The summed E-state index contributed by atoms with van der Waals surface area (Å²) in [6.07, 6.45) is 1.78. The van der Waals surface area contributed by atoms with Gasteiger partial charge in [-0.15, -0.1) is 0 Å². The fourth-order valence-corrected chi connectivity index (χ4v) is 3.37. The van der Waals surface area contributed by atoms with Gasteiger partial charge in [-0.25, -0.2) is 0 Å². The maximum atomic E-state index is 12.7. The molecule has 6 nitrogen and oxygen atoms in total. The molecule has 3 rings (SSSR count). The lowest BCUT2D eigenvalue weighted by Gasteiger charge is -2.13. The van der Waals surface area contributed by atoms with Crippen molar-refractivity contribution in [1.29, 1.82) is 0 Å². The van der Waals surface area contributed by atoms with Gasteiger partial charge in [-0.3, -0.25) is 9.78 Å². The maximum Gasteiger partial charge on any atom is 0.257 e. The van der Waals surface area contributed by atoms with Gasteiger partial charge in [0.25, 0.3) is 5.91 Å². The first-order valence-corrected chi connectivity index (χ1v) is 11.4. The zero-order valence-corrected chi connectivity index (χ0v) is 19.8. The molecule has 0 radical (unpaired) electrons. The molecule has 0 aliphatic carbocycles. The van der Waals surface area contributed by atoms with Gasteiger partial charge in [-0.2, -0.15) is 0 Å². The van der Waals surface area contributed by atoms with Gasteiger partial charge >= 0.3 is 0 Å². The monoisotopic (exact) mass is 448 g/mol. The summed E-state index contributed by atoms with van der Waals surface area (Å²) < 4.78 is 17.0. The normalized spacial score (nSPS) is 11.6. The Bertz CT molecular complexity index is 1030. The fourth-order valence-electron chi connectivity index (χ4n) is 3.37. The van der Waals surface area contributed by atoms with Gasteiger partial charge in [-0.1, -0.05) is 6.92 Å². The second kappa shape index (κ2) is 12.0. The molecule has 1 aromatic heterocycles. The zero-order valence-electron chi connectivity index (χ0n) is 19.8. The molecule has 0 saturated carbocycles. The van der Waals surface area contributed by atoms with Crippen LogP contribution in [0.1, 0.15) is 48.9 Å². The topological polar surface area (TPSA) is 69.7 Å². The van der Waals surface area contributed by atoms with E-state index in [1.54, 1.807) is 0 Å². The van der Waals surface area contributed by atoms with Crippen molar-refractivity contribution in [3.63, 3.8) is 0 Å². The van der Waals surface area contributed by atoms with E-state index < -0.39 is 0 Å². The number of anilines is 1. The van der Waals surface area contributed by atoms with Crippen LogP contribution in [0.5, 0.6) is 17.2 Å². The van der Waals surface area contributed by atoms with Crippen molar-refractivity contribution in [3.05, 3.63) is 77.6 Å². The number of carbonyl (C=O) groups excluding carboxylic acids is 1. The van der Waals surface area contributed by atoms with Crippen LogP contribution < -0.4 is 14.8 Å². The standard InChI is InChI=1S/C27H32N2O4/c1-5-17-32-23-12-14-25(15-13-23)33-24-10-7-21(8-11-24)29-27(30)26-16-9-22(28-20(26)4)18-19(3)31-6-2/h7-16,19H,5-6,17-18H2,1-4H3,(H,29,30). The number of nitrogens with zero attached hydrogens (tertiary/aromatic N) is 1. The van der Waals surface area contributed by atoms with Crippen molar-refractivity contribution in [1.82, 2.24) is 4.98 Å². The van der Waals surface area contributed by atoms with Crippen LogP contribution in [-0.2, 0) is 11.2 Å². The van der Waals surface area contributed by atoms with Gasteiger partial charge in [-0.05, 0) is 87.9 Å². The lowest BCUT2D eigenvalue weighted by molar-refractivity contribution is 0.0761. The highest BCUT2D eigenvalue weighted by Gasteiger charge is 2.13. The third-order valence-electron chi connectivity index (χ3n) is 4.98. The van der Waals surface area contributed by atoms with Gasteiger partial charge in [0.1, 0.15) is 17.2 Å². The van der Waals surface area contributed by atoms with Crippen molar-refractivity contribution in [3.8, 4) is 17.2 Å². The van der Waals surface area contributed by atoms with Crippen molar-refractivity contribution < 1.29 is 19.0 Å². The van der Waals surface area contributed by atoms with Crippen LogP contribution in [0, 0.1) is 6.92 Å².